The fraction of sp³-hybridized carbons (Fsp3) is 0.438. The molecule has 0 aliphatic carbocycles. The highest BCUT2D eigenvalue weighted by atomic mass is 35.5. The van der Waals surface area contributed by atoms with Gasteiger partial charge >= 0.3 is 0 Å². The molecule has 1 aromatic carbocycles. The lowest BCUT2D eigenvalue weighted by molar-refractivity contribution is 0.550. The monoisotopic (exact) mass is 309 g/mol. The van der Waals surface area contributed by atoms with E-state index in [1.54, 1.807) is 6.07 Å². The zero-order chi connectivity index (χ0) is 15.4. The van der Waals surface area contributed by atoms with E-state index in [9.17, 15) is 4.39 Å². The molecule has 0 bridgehead atoms. The smallest absolute Gasteiger partial charge is 0.123 e. The quantitative estimate of drug-likeness (QED) is 0.880. The van der Waals surface area contributed by atoms with Crippen molar-refractivity contribution in [3.63, 3.8) is 0 Å². The average molecular weight is 310 g/mol. The number of nitrogens with one attached hydrogen (secondary N) is 1. The lowest BCUT2D eigenvalue weighted by atomic mass is 10.2. The first kappa shape index (κ1) is 16.0. The molecule has 1 heterocycles. The van der Waals surface area contributed by atoms with Crippen LogP contribution in [0.5, 0.6) is 0 Å². The second-order valence-corrected chi connectivity index (χ2v) is 6.08. The Labute approximate surface area is 130 Å². The summed E-state index contributed by atoms with van der Waals surface area (Å²) in [5.74, 6) is 0.337. The van der Waals surface area contributed by atoms with Crippen LogP contribution in [0, 0.1) is 18.7 Å². The number of hydrogen-bond donors (Lipinski definition) is 1. The van der Waals surface area contributed by atoms with E-state index >= 15 is 0 Å². The van der Waals surface area contributed by atoms with Crippen molar-refractivity contribution in [3.8, 4) is 0 Å². The topological polar surface area (TPSA) is 29.9 Å². The number of aromatic nitrogens is 2. The number of rotatable bonds is 6. The molecule has 0 aliphatic rings. The summed E-state index contributed by atoms with van der Waals surface area (Å²) in [5, 5.41) is 8.34. The van der Waals surface area contributed by atoms with Crippen LogP contribution in [-0.2, 0) is 13.1 Å². The fourth-order valence-electron chi connectivity index (χ4n) is 2.14. The van der Waals surface area contributed by atoms with Gasteiger partial charge in [0.05, 0.1) is 12.7 Å². The van der Waals surface area contributed by atoms with Crippen LogP contribution in [0.3, 0.4) is 0 Å². The summed E-state index contributed by atoms with van der Waals surface area (Å²) in [6.45, 7) is 8.62. The largest absolute Gasteiger partial charge is 0.312 e. The van der Waals surface area contributed by atoms with Crippen LogP contribution in [0.1, 0.15) is 30.7 Å². The number of halogens is 2. The molecule has 5 heteroatoms. The highest BCUT2D eigenvalue weighted by molar-refractivity contribution is 6.31. The molecule has 1 N–H and O–H groups in total. The molecule has 0 atom stereocenters. The summed E-state index contributed by atoms with van der Waals surface area (Å²) in [4.78, 5) is 0. The van der Waals surface area contributed by atoms with E-state index in [0.29, 0.717) is 17.5 Å². The second-order valence-electron chi connectivity index (χ2n) is 5.67. The molecule has 0 fully saturated rings. The number of hydrogen-bond acceptors (Lipinski definition) is 2. The van der Waals surface area contributed by atoms with E-state index in [1.165, 1.54) is 12.1 Å². The maximum absolute atomic E-state index is 13.3. The minimum Gasteiger partial charge on any atom is -0.312 e. The van der Waals surface area contributed by atoms with Gasteiger partial charge in [0.25, 0.3) is 0 Å². The van der Waals surface area contributed by atoms with Gasteiger partial charge in [0, 0.05) is 22.8 Å². The van der Waals surface area contributed by atoms with Crippen molar-refractivity contribution in [2.45, 2.75) is 33.9 Å². The van der Waals surface area contributed by atoms with Gasteiger partial charge in [0.1, 0.15) is 5.82 Å². The Bertz CT molecular complexity index is 608. The lowest BCUT2D eigenvalue weighted by Gasteiger charge is -2.09. The van der Waals surface area contributed by atoms with E-state index in [1.807, 2.05) is 17.8 Å². The normalized spacial score (nSPS) is 11.3. The summed E-state index contributed by atoms with van der Waals surface area (Å²) < 4.78 is 15.2. The highest BCUT2D eigenvalue weighted by Crippen LogP contribution is 2.19. The fourth-order valence-corrected chi connectivity index (χ4v) is 2.32. The summed E-state index contributed by atoms with van der Waals surface area (Å²) >= 11 is 6.10. The van der Waals surface area contributed by atoms with Crippen molar-refractivity contribution < 1.29 is 4.39 Å². The Balaban J connectivity index is 2.08. The van der Waals surface area contributed by atoms with Crippen LogP contribution in [0.4, 0.5) is 4.39 Å². The van der Waals surface area contributed by atoms with E-state index in [0.717, 1.165) is 29.9 Å². The van der Waals surface area contributed by atoms with Gasteiger partial charge in [-0.05, 0) is 43.1 Å². The molecule has 0 saturated heterocycles. The molecule has 0 radical (unpaired) electrons. The van der Waals surface area contributed by atoms with Crippen molar-refractivity contribution in [3.05, 3.63) is 52.1 Å². The van der Waals surface area contributed by atoms with E-state index in [4.69, 9.17) is 11.6 Å². The maximum atomic E-state index is 13.3. The third-order valence-electron chi connectivity index (χ3n) is 3.40. The minimum absolute atomic E-state index is 0.280. The zero-order valence-corrected chi connectivity index (χ0v) is 13.4. The molecule has 114 valence electrons. The van der Waals surface area contributed by atoms with Crippen LogP contribution < -0.4 is 5.32 Å². The Hall–Kier alpha value is -1.39. The zero-order valence-electron chi connectivity index (χ0n) is 12.7. The second kappa shape index (κ2) is 7.05. The van der Waals surface area contributed by atoms with Gasteiger partial charge in [-0.15, -0.1) is 0 Å². The molecule has 0 unspecified atom stereocenters. The molecule has 0 amide bonds. The lowest BCUT2D eigenvalue weighted by Crippen LogP contribution is -2.19. The van der Waals surface area contributed by atoms with Crippen LogP contribution in [0.25, 0.3) is 0 Å². The molecule has 21 heavy (non-hydrogen) atoms. The average Bonchev–Trinajstić information content (AvgIpc) is 2.75. The molecule has 1 aromatic heterocycles. The van der Waals surface area contributed by atoms with Crippen molar-refractivity contribution in [1.82, 2.24) is 15.1 Å². The van der Waals surface area contributed by atoms with Crippen LogP contribution in [-0.4, -0.2) is 16.3 Å². The van der Waals surface area contributed by atoms with Crippen LogP contribution in [0.2, 0.25) is 5.02 Å². The van der Waals surface area contributed by atoms with Crippen LogP contribution >= 0.6 is 11.6 Å². The molecular weight excluding hydrogens is 289 g/mol. The Morgan fingerprint density at radius 2 is 2.10 bits per heavy atom. The molecular formula is C16H21ClFN3. The molecule has 3 nitrogen and oxygen atoms in total. The molecule has 2 aromatic rings. The van der Waals surface area contributed by atoms with Gasteiger partial charge in [0.2, 0.25) is 0 Å². The van der Waals surface area contributed by atoms with Gasteiger partial charge in [-0.25, -0.2) is 4.39 Å². The highest BCUT2D eigenvalue weighted by Gasteiger charge is 2.09. The summed E-state index contributed by atoms with van der Waals surface area (Å²) in [6, 6.07) is 4.40. The van der Waals surface area contributed by atoms with Gasteiger partial charge in [-0.1, -0.05) is 25.4 Å². The molecule has 0 spiro atoms. The Kier molecular flexibility index (Phi) is 5.37. The predicted octanol–water partition coefficient (Wildman–Crippen LogP) is 3.78. The summed E-state index contributed by atoms with van der Waals surface area (Å²) in [6.07, 6.45) is 1.86. The maximum Gasteiger partial charge on any atom is 0.123 e. The van der Waals surface area contributed by atoms with E-state index in [2.05, 4.69) is 24.3 Å². The third kappa shape index (κ3) is 4.29. The summed E-state index contributed by atoms with van der Waals surface area (Å²) in [7, 11) is 0. The van der Waals surface area contributed by atoms with Crippen molar-refractivity contribution in [2.24, 2.45) is 5.92 Å². The van der Waals surface area contributed by atoms with Crippen molar-refractivity contribution >= 4 is 11.6 Å². The Morgan fingerprint density at radius 1 is 1.33 bits per heavy atom. The third-order valence-corrected chi connectivity index (χ3v) is 3.77. The number of benzene rings is 1. The Morgan fingerprint density at radius 3 is 2.81 bits per heavy atom. The van der Waals surface area contributed by atoms with E-state index in [-0.39, 0.29) is 5.82 Å². The van der Waals surface area contributed by atoms with Crippen LogP contribution in [0.15, 0.2) is 24.4 Å². The first-order chi connectivity index (χ1) is 9.97. The van der Waals surface area contributed by atoms with Gasteiger partial charge in [-0.2, -0.15) is 5.10 Å². The first-order valence-corrected chi connectivity index (χ1v) is 7.51. The summed E-state index contributed by atoms with van der Waals surface area (Å²) in [5.41, 5.74) is 2.97. The predicted molar refractivity (Wildman–Crippen MR) is 84.0 cm³/mol. The van der Waals surface area contributed by atoms with E-state index < -0.39 is 0 Å². The van der Waals surface area contributed by atoms with Gasteiger partial charge in [0.15, 0.2) is 0 Å². The van der Waals surface area contributed by atoms with Gasteiger partial charge in [-0.3, -0.25) is 4.68 Å². The minimum atomic E-state index is -0.280. The molecule has 0 aliphatic heterocycles. The van der Waals surface area contributed by atoms with Crippen molar-refractivity contribution in [1.29, 1.82) is 0 Å². The number of nitrogens with zero attached hydrogens (tertiary/aromatic N) is 2. The standard InChI is InChI=1S/C16H21ClFN3/c1-11(2)7-19-8-14-9-20-21(12(14)3)10-13-6-15(18)4-5-16(13)17/h4-6,9,11,19H,7-8,10H2,1-3H3. The van der Waals surface area contributed by atoms with Gasteiger partial charge < -0.3 is 5.32 Å². The molecule has 2 rings (SSSR count). The van der Waals surface area contributed by atoms with Crippen molar-refractivity contribution in [2.75, 3.05) is 6.54 Å². The first-order valence-electron chi connectivity index (χ1n) is 7.13. The SMILES string of the molecule is Cc1c(CNCC(C)C)cnn1Cc1cc(F)ccc1Cl. The molecule has 0 saturated carbocycles.